The van der Waals surface area contributed by atoms with E-state index >= 15 is 0 Å². The highest BCUT2D eigenvalue weighted by atomic mass is 35.5. The maximum absolute atomic E-state index is 9.94. The van der Waals surface area contributed by atoms with Gasteiger partial charge in [0.2, 0.25) is 0 Å². The van der Waals surface area contributed by atoms with E-state index in [1.54, 1.807) is 23.5 Å². The van der Waals surface area contributed by atoms with Gasteiger partial charge in [-0.25, -0.2) is 0 Å². The van der Waals surface area contributed by atoms with Crippen LogP contribution < -0.4 is 11.1 Å². The monoisotopic (exact) mass is 302 g/mol. The number of hydrogen-bond donors (Lipinski definition) is 3. The van der Waals surface area contributed by atoms with E-state index in [0.29, 0.717) is 28.0 Å². The molecule has 2 rings (SSSR count). The van der Waals surface area contributed by atoms with Gasteiger partial charge in [-0.2, -0.15) is 11.3 Å². The van der Waals surface area contributed by atoms with Crippen molar-refractivity contribution in [3.8, 4) is 0 Å². The van der Waals surface area contributed by atoms with E-state index in [4.69, 9.17) is 28.9 Å². The Labute approximate surface area is 119 Å². The molecule has 1 unspecified atom stereocenters. The van der Waals surface area contributed by atoms with Gasteiger partial charge in [-0.15, -0.1) is 0 Å². The zero-order valence-electron chi connectivity index (χ0n) is 9.36. The van der Waals surface area contributed by atoms with Crippen LogP contribution in [-0.2, 0) is 0 Å². The maximum Gasteiger partial charge on any atom is 0.0970 e. The van der Waals surface area contributed by atoms with Crippen LogP contribution in [0.1, 0.15) is 11.7 Å². The number of nitrogens with two attached hydrogens (primary N) is 1. The molecule has 3 nitrogen and oxygen atoms in total. The second kappa shape index (κ2) is 5.80. The van der Waals surface area contributed by atoms with Crippen LogP contribution in [0, 0.1) is 0 Å². The van der Waals surface area contributed by atoms with Crippen molar-refractivity contribution in [2.75, 3.05) is 17.6 Å². The molecule has 18 heavy (non-hydrogen) atoms. The Hall–Kier alpha value is -0.940. The van der Waals surface area contributed by atoms with E-state index < -0.39 is 6.10 Å². The van der Waals surface area contributed by atoms with E-state index in [2.05, 4.69) is 5.32 Å². The molecule has 0 bridgehead atoms. The highest BCUT2D eigenvalue weighted by molar-refractivity contribution is 7.07. The Kier molecular flexibility index (Phi) is 4.35. The molecule has 6 heteroatoms. The van der Waals surface area contributed by atoms with Crippen molar-refractivity contribution in [2.24, 2.45) is 0 Å². The predicted molar refractivity (Wildman–Crippen MR) is 78.6 cm³/mol. The largest absolute Gasteiger partial charge is 0.399 e. The molecule has 0 aliphatic heterocycles. The first-order chi connectivity index (χ1) is 8.58. The quantitative estimate of drug-likeness (QED) is 0.753. The van der Waals surface area contributed by atoms with Crippen molar-refractivity contribution in [3.63, 3.8) is 0 Å². The number of thiophene rings is 1. The van der Waals surface area contributed by atoms with Crippen LogP contribution in [0.25, 0.3) is 0 Å². The Balaban J connectivity index is 2.07. The zero-order chi connectivity index (χ0) is 13.1. The number of nitrogen functional groups attached to an aromatic ring is 1. The first kappa shape index (κ1) is 13.5. The molecule has 0 aliphatic carbocycles. The van der Waals surface area contributed by atoms with Gasteiger partial charge in [-0.1, -0.05) is 23.2 Å². The maximum atomic E-state index is 9.94. The summed E-state index contributed by atoms with van der Waals surface area (Å²) in [7, 11) is 0. The zero-order valence-corrected chi connectivity index (χ0v) is 11.7. The molecule has 1 aromatic heterocycles. The van der Waals surface area contributed by atoms with Crippen molar-refractivity contribution in [1.82, 2.24) is 0 Å². The number of aliphatic hydroxyl groups is 1. The number of hydrogen-bond acceptors (Lipinski definition) is 4. The molecule has 1 heterocycles. The van der Waals surface area contributed by atoms with Gasteiger partial charge in [-0.3, -0.25) is 0 Å². The van der Waals surface area contributed by atoms with Crippen LogP contribution in [0.4, 0.5) is 11.4 Å². The molecular weight excluding hydrogens is 291 g/mol. The van der Waals surface area contributed by atoms with Gasteiger partial charge in [0, 0.05) is 12.2 Å². The lowest BCUT2D eigenvalue weighted by molar-refractivity contribution is 0.192. The molecule has 0 saturated carbocycles. The molecule has 2 aromatic rings. The minimum atomic E-state index is -0.596. The first-order valence-electron chi connectivity index (χ1n) is 5.26. The Morgan fingerprint density at radius 1 is 1.33 bits per heavy atom. The molecule has 0 spiro atoms. The van der Waals surface area contributed by atoms with Crippen LogP contribution in [0.5, 0.6) is 0 Å². The van der Waals surface area contributed by atoms with E-state index in [-0.39, 0.29) is 0 Å². The van der Waals surface area contributed by atoms with Gasteiger partial charge in [0.05, 0.1) is 21.8 Å². The van der Waals surface area contributed by atoms with Gasteiger partial charge < -0.3 is 16.2 Å². The molecule has 1 aromatic carbocycles. The van der Waals surface area contributed by atoms with Crippen LogP contribution in [0.3, 0.4) is 0 Å². The molecule has 96 valence electrons. The lowest BCUT2D eigenvalue weighted by Crippen LogP contribution is -2.12. The van der Waals surface area contributed by atoms with Gasteiger partial charge in [0.1, 0.15) is 0 Å². The normalized spacial score (nSPS) is 12.4. The van der Waals surface area contributed by atoms with Crippen molar-refractivity contribution in [2.45, 2.75) is 6.10 Å². The average molecular weight is 303 g/mol. The Morgan fingerprint density at radius 3 is 2.56 bits per heavy atom. The van der Waals surface area contributed by atoms with Crippen LogP contribution in [-0.4, -0.2) is 11.7 Å². The van der Waals surface area contributed by atoms with Crippen LogP contribution in [0.2, 0.25) is 10.0 Å². The summed E-state index contributed by atoms with van der Waals surface area (Å²) in [5, 5.41) is 17.7. The highest BCUT2D eigenvalue weighted by Crippen LogP contribution is 2.33. The summed E-state index contributed by atoms with van der Waals surface area (Å²) in [5.41, 5.74) is 7.58. The van der Waals surface area contributed by atoms with Crippen molar-refractivity contribution in [3.05, 3.63) is 44.6 Å². The topological polar surface area (TPSA) is 58.3 Å². The molecule has 0 aliphatic rings. The summed E-state index contributed by atoms with van der Waals surface area (Å²) in [4.78, 5) is 0. The van der Waals surface area contributed by atoms with Crippen LogP contribution >= 0.6 is 34.5 Å². The number of benzene rings is 1. The number of aliphatic hydroxyl groups excluding tert-OH is 1. The summed E-state index contributed by atoms with van der Waals surface area (Å²) in [6.45, 7) is 0.333. The Morgan fingerprint density at radius 2 is 2.00 bits per heavy atom. The van der Waals surface area contributed by atoms with Gasteiger partial charge >= 0.3 is 0 Å². The SMILES string of the molecule is Nc1cc(Cl)c(NCC(O)c2ccsc2)c(Cl)c1. The molecule has 1 atom stereocenters. The van der Waals surface area contributed by atoms with Crippen molar-refractivity contribution in [1.29, 1.82) is 0 Å². The number of nitrogens with one attached hydrogen (secondary N) is 1. The fraction of sp³-hybridized carbons (Fsp3) is 0.167. The van der Waals surface area contributed by atoms with Crippen molar-refractivity contribution >= 4 is 45.9 Å². The lowest BCUT2D eigenvalue weighted by Gasteiger charge is -2.14. The number of rotatable bonds is 4. The fourth-order valence-corrected chi connectivity index (χ4v) is 2.89. The standard InChI is InChI=1S/C12H12Cl2N2OS/c13-9-3-8(15)4-10(14)12(9)16-5-11(17)7-1-2-18-6-7/h1-4,6,11,16-17H,5,15H2. The minimum absolute atomic E-state index is 0.333. The highest BCUT2D eigenvalue weighted by Gasteiger charge is 2.11. The second-order valence-electron chi connectivity index (χ2n) is 3.81. The first-order valence-corrected chi connectivity index (χ1v) is 6.96. The minimum Gasteiger partial charge on any atom is -0.399 e. The third kappa shape index (κ3) is 3.09. The third-order valence-electron chi connectivity index (χ3n) is 2.46. The molecular formula is C12H12Cl2N2OS. The predicted octanol–water partition coefficient (Wildman–Crippen LogP) is 3.78. The summed E-state index contributed by atoms with van der Waals surface area (Å²) in [5.74, 6) is 0. The molecule has 0 amide bonds. The van der Waals surface area contributed by atoms with Gasteiger partial charge in [0.25, 0.3) is 0 Å². The van der Waals surface area contributed by atoms with Gasteiger partial charge in [-0.05, 0) is 34.5 Å². The van der Waals surface area contributed by atoms with E-state index in [0.717, 1.165) is 5.56 Å². The summed E-state index contributed by atoms with van der Waals surface area (Å²) < 4.78 is 0. The molecule has 4 N–H and O–H groups in total. The fourth-order valence-electron chi connectivity index (χ4n) is 1.54. The molecule has 0 fully saturated rings. The smallest absolute Gasteiger partial charge is 0.0970 e. The molecule has 0 saturated heterocycles. The molecule has 0 radical (unpaired) electrons. The second-order valence-corrected chi connectivity index (χ2v) is 5.41. The van der Waals surface area contributed by atoms with E-state index in [1.807, 2.05) is 16.8 Å². The lowest BCUT2D eigenvalue weighted by atomic mass is 10.2. The summed E-state index contributed by atoms with van der Waals surface area (Å²) in [6.07, 6.45) is -0.596. The Bertz CT molecular complexity index is 508. The summed E-state index contributed by atoms with van der Waals surface area (Å²) in [6, 6.07) is 5.11. The van der Waals surface area contributed by atoms with Crippen molar-refractivity contribution < 1.29 is 5.11 Å². The van der Waals surface area contributed by atoms with Crippen LogP contribution in [0.15, 0.2) is 29.0 Å². The number of halogens is 2. The van der Waals surface area contributed by atoms with E-state index in [1.165, 1.54) is 0 Å². The average Bonchev–Trinajstić information content (AvgIpc) is 2.80. The van der Waals surface area contributed by atoms with Gasteiger partial charge in [0.15, 0.2) is 0 Å². The number of anilines is 2. The summed E-state index contributed by atoms with van der Waals surface area (Å²) >= 11 is 13.6. The third-order valence-corrected chi connectivity index (χ3v) is 3.76. The van der Waals surface area contributed by atoms with E-state index in [9.17, 15) is 5.11 Å².